The predicted molar refractivity (Wildman–Crippen MR) is 96.6 cm³/mol. The number of Topliss-reactive ketones (excluding diaryl/α,β-unsaturated/α-hetero) is 1. The molecule has 2 nitrogen and oxygen atoms in total. The molecule has 1 atom stereocenters. The van der Waals surface area contributed by atoms with Crippen LogP contribution in [0.2, 0.25) is 19.6 Å². The molecule has 2 rings (SSSR count). The predicted octanol–water partition coefficient (Wildman–Crippen LogP) is 4.48. The van der Waals surface area contributed by atoms with Gasteiger partial charge >= 0.3 is 0 Å². The molecule has 1 aromatic rings. The van der Waals surface area contributed by atoms with Crippen LogP contribution in [0.15, 0.2) is 42.1 Å². The average molecular weight is 316 g/mol. The Labute approximate surface area is 136 Å². The van der Waals surface area contributed by atoms with Gasteiger partial charge in [0.15, 0.2) is 5.78 Å². The molecule has 0 aliphatic heterocycles. The normalized spacial score (nSPS) is 23.1. The summed E-state index contributed by atoms with van der Waals surface area (Å²) in [5.41, 5.74) is 3.26. The number of hydrogen-bond acceptors (Lipinski definition) is 2. The van der Waals surface area contributed by atoms with Gasteiger partial charge in [0.1, 0.15) is 0 Å². The van der Waals surface area contributed by atoms with Crippen molar-refractivity contribution in [2.75, 3.05) is 0 Å². The molecule has 1 aromatic carbocycles. The molecule has 3 heteroatoms. The lowest BCUT2D eigenvalue weighted by molar-refractivity contribution is -0.127. The minimum absolute atomic E-state index is 0.343. The summed E-state index contributed by atoms with van der Waals surface area (Å²) in [6.45, 7) is 7.76. The zero-order valence-corrected chi connectivity index (χ0v) is 15.2. The highest BCUT2D eigenvalue weighted by Crippen LogP contribution is 2.29. The molecule has 120 valence electrons. The third kappa shape index (κ3) is 4.92. The molecule has 0 saturated heterocycles. The molecule has 1 saturated carbocycles. The summed E-state index contributed by atoms with van der Waals surface area (Å²) in [7, 11) is -1.20. The van der Waals surface area contributed by atoms with Gasteiger partial charge in [-0.05, 0) is 24.8 Å². The van der Waals surface area contributed by atoms with E-state index < -0.39 is 8.07 Å². The van der Waals surface area contributed by atoms with Crippen LogP contribution in [0.25, 0.3) is 0 Å². The maximum atomic E-state index is 12.6. The Morgan fingerprint density at radius 3 is 2.55 bits per heavy atom. The van der Waals surface area contributed by atoms with Crippen LogP contribution in [-0.4, -0.2) is 19.4 Å². The molecule has 1 N–H and O–H groups in total. The molecule has 1 aliphatic carbocycles. The number of carbonyl (C=O) groups is 1. The van der Waals surface area contributed by atoms with Crippen molar-refractivity contribution in [2.24, 2.45) is 0 Å². The van der Waals surface area contributed by atoms with E-state index in [0.29, 0.717) is 5.78 Å². The van der Waals surface area contributed by atoms with Gasteiger partial charge in [-0.25, -0.2) is 0 Å². The highest BCUT2D eigenvalue weighted by molar-refractivity contribution is 6.80. The van der Waals surface area contributed by atoms with Crippen LogP contribution in [0, 0.1) is 0 Å². The first-order valence-corrected chi connectivity index (χ1v) is 12.0. The summed E-state index contributed by atoms with van der Waals surface area (Å²) in [5.74, 6) is 0.398. The van der Waals surface area contributed by atoms with Crippen molar-refractivity contribution in [1.82, 2.24) is 5.32 Å². The summed E-state index contributed by atoms with van der Waals surface area (Å²) < 4.78 is 0. The van der Waals surface area contributed by atoms with Crippen LogP contribution >= 0.6 is 0 Å². The first-order chi connectivity index (χ1) is 10.4. The highest BCUT2D eigenvalue weighted by Gasteiger charge is 2.38. The van der Waals surface area contributed by atoms with E-state index in [0.717, 1.165) is 38.6 Å². The quantitative estimate of drug-likeness (QED) is 0.784. The maximum Gasteiger partial charge on any atom is 0.153 e. The second kappa shape index (κ2) is 7.38. The van der Waals surface area contributed by atoms with Crippen molar-refractivity contribution in [3.8, 4) is 0 Å². The van der Waals surface area contributed by atoms with Gasteiger partial charge in [0.25, 0.3) is 0 Å². The van der Waals surface area contributed by atoms with Crippen LogP contribution in [0.3, 0.4) is 0 Å². The van der Waals surface area contributed by atoms with Gasteiger partial charge in [-0.1, -0.05) is 68.2 Å². The van der Waals surface area contributed by atoms with Crippen molar-refractivity contribution >= 4 is 13.9 Å². The van der Waals surface area contributed by atoms with Gasteiger partial charge in [-0.15, -0.1) is 0 Å². The van der Waals surface area contributed by atoms with Gasteiger partial charge in [-0.2, -0.15) is 0 Å². The first-order valence-electron chi connectivity index (χ1n) is 8.41. The summed E-state index contributed by atoms with van der Waals surface area (Å²) >= 11 is 0. The first kappa shape index (κ1) is 17.2. The van der Waals surface area contributed by atoms with E-state index in [-0.39, 0.29) is 5.54 Å². The van der Waals surface area contributed by atoms with Crippen LogP contribution < -0.4 is 5.32 Å². The number of ketones is 1. The minimum atomic E-state index is -1.20. The lowest BCUT2D eigenvalue weighted by atomic mass is 9.78. The van der Waals surface area contributed by atoms with Crippen molar-refractivity contribution in [3.05, 3.63) is 47.7 Å². The van der Waals surface area contributed by atoms with Crippen molar-refractivity contribution in [3.63, 3.8) is 0 Å². The van der Waals surface area contributed by atoms with Gasteiger partial charge in [-0.3, -0.25) is 4.79 Å². The molecular weight excluding hydrogens is 286 g/mol. The fraction of sp³-hybridized carbons (Fsp3) is 0.526. The zero-order chi connectivity index (χ0) is 16.1. The fourth-order valence-electron chi connectivity index (χ4n) is 3.05. The van der Waals surface area contributed by atoms with E-state index in [2.05, 4.69) is 61.0 Å². The van der Waals surface area contributed by atoms with E-state index in [4.69, 9.17) is 0 Å². The van der Waals surface area contributed by atoms with E-state index in [9.17, 15) is 4.79 Å². The van der Waals surface area contributed by atoms with Crippen LogP contribution in [-0.2, 0) is 11.3 Å². The Kier molecular flexibility index (Phi) is 5.76. The summed E-state index contributed by atoms with van der Waals surface area (Å²) in [6.07, 6.45) is 6.98. The Morgan fingerprint density at radius 2 is 1.91 bits per heavy atom. The van der Waals surface area contributed by atoms with E-state index in [1.807, 2.05) is 6.07 Å². The number of rotatable bonds is 6. The van der Waals surface area contributed by atoms with Gasteiger partial charge in [0.2, 0.25) is 0 Å². The molecule has 0 bridgehead atoms. The smallest absolute Gasteiger partial charge is 0.153 e. The molecule has 0 unspecified atom stereocenters. The molecular formula is C19H29NOSi. The topological polar surface area (TPSA) is 29.1 Å². The molecule has 0 heterocycles. The Bertz CT molecular complexity index is 518. The van der Waals surface area contributed by atoms with Crippen LogP contribution in [0.5, 0.6) is 0 Å². The third-order valence-electron chi connectivity index (χ3n) is 4.35. The number of carbonyl (C=O) groups excluding carboxylic acids is 1. The van der Waals surface area contributed by atoms with Crippen LogP contribution in [0.4, 0.5) is 0 Å². The second-order valence-electron chi connectivity index (χ2n) is 7.52. The Balaban J connectivity index is 2.08. The maximum absolute atomic E-state index is 12.6. The molecule has 1 aliphatic rings. The lowest BCUT2D eigenvalue weighted by Gasteiger charge is -2.36. The average Bonchev–Trinajstić information content (AvgIpc) is 2.48. The number of benzene rings is 1. The fourth-order valence-corrected chi connectivity index (χ4v) is 3.87. The lowest BCUT2D eigenvalue weighted by Crippen LogP contribution is -2.53. The zero-order valence-electron chi connectivity index (χ0n) is 14.2. The monoisotopic (exact) mass is 315 g/mol. The van der Waals surface area contributed by atoms with E-state index >= 15 is 0 Å². The summed E-state index contributed by atoms with van der Waals surface area (Å²) in [5, 5.41) is 3.60. The largest absolute Gasteiger partial charge is 0.301 e. The minimum Gasteiger partial charge on any atom is -0.301 e. The molecule has 0 amide bonds. The Morgan fingerprint density at radius 1 is 1.18 bits per heavy atom. The standard InChI is InChI=1S/C19H29NOSi/c1-22(2,3)15-9-14-19(13-8-7-12-18(19)21)20-16-17-10-5-4-6-11-17/h4-6,9-11,15,20H,7-8,12-14,16H2,1-3H3/b15-9-/t19-/m0/s1. The second-order valence-corrected chi connectivity index (χ2v) is 12.6. The van der Waals surface area contributed by atoms with Crippen molar-refractivity contribution in [2.45, 2.75) is 63.8 Å². The molecule has 0 aromatic heterocycles. The van der Waals surface area contributed by atoms with Gasteiger partial charge < -0.3 is 5.32 Å². The summed E-state index contributed by atoms with van der Waals surface area (Å²) in [6, 6.07) is 10.4. The van der Waals surface area contributed by atoms with Gasteiger partial charge in [0, 0.05) is 13.0 Å². The SMILES string of the molecule is C[Si](C)(C)/C=C\C[C@@]1(NCc2ccccc2)CCCCC1=O. The van der Waals surface area contributed by atoms with Gasteiger partial charge in [0.05, 0.1) is 13.6 Å². The number of hydrogen-bond donors (Lipinski definition) is 1. The van der Waals surface area contributed by atoms with Crippen molar-refractivity contribution in [1.29, 1.82) is 0 Å². The van der Waals surface area contributed by atoms with E-state index in [1.54, 1.807) is 0 Å². The molecule has 0 spiro atoms. The highest BCUT2D eigenvalue weighted by atomic mass is 28.3. The Hall–Kier alpha value is -1.19. The molecule has 0 radical (unpaired) electrons. The van der Waals surface area contributed by atoms with Crippen LogP contribution in [0.1, 0.15) is 37.7 Å². The number of nitrogens with one attached hydrogen (secondary N) is 1. The summed E-state index contributed by atoms with van der Waals surface area (Å²) in [4.78, 5) is 12.6. The molecule has 1 fully saturated rings. The van der Waals surface area contributed by atoms with E-state index in [1.165, 1.54) is 5.56 Å². The molecule has 22 heavy (non-hydrogen) atoms. The third-order valence-corrected chi connectivity index (χ3v) is 5.58. The van der Waals surface area contributed by atoms with Crippen molar-refractivity contribution < 1.29 is 4.79 Å².